The van der Waals surface area contributed by atoms with Gasteiger partial charge in [-0.15, -0.1) is 0 Å². The Morgan fingerprint density at radius 3 is 2.59 bits per heavy atom. The highest BCUT2D eigenvalue weighted by Gasteiger charge is 2.23. The Hall–Kier alpha value is -1.32. The number of anilines is 2. The highest BCUT2D eigenvalue weighted by Crippen LogP contribution is 2.30. The van der Waals surface area contributed by atoms with Crippen LogP contribution in [-0.2, 0) is 0 Å². The van der Waals surface area contributed by atoms with Crippen LogP contribution in [0.25, 0.3) is 0 Å². The maximum atomic E-state index is 13.8. The first-order chi connectivity index (χ1) is 8.11. The number of hydrogen-bond acceptors (Lipinski definition) is 2. The molecule has 4 heteroatoms. The van der Waals surface area contributed by atoms with Gasteiger partial charge < -0.3 is 10.6 Å². The van der Waals surface area contributed by atoms with Gasteiger partial charge in [0.25, 0.3) is 0 Å². The molecule has 1 saturated heterocycles. The fourth-order valence-electron chi connectivity index (χ4n) is 2.49. The molecule has 0 aromatic heterocycles. The van der Waals surface area contributed by atoms with Crippen molar-refractivity contribution in [2.24, 2.45) is 5.92 Å². The maximum absolute atomic E-state index is 13.8. The minimum atomic E-state index is -0.556. The van der Waals surface area contributed by atoms with Crippen LogP contribution in [0, 0.1) is 17.6 Å². The molecule has 0 spiro atoms. The summed E-state index contributed by atoms with van der Waals surface area (Å²) in [6, 6.07) is 2.38. The van der Waals surface area contributed by atoms with E-state index < -0.39 is 11.6 Å². The molecule has 0 saturated carbocycles. The fraction of sp³-hybridized carbons (Fsp3) is 0.538. The highest BCUT2D eigenvalue weighted by atomic mass is 19.1. The molecule has 1 unspecified atom stereocenters. The monoisotopic (exact) mass is 240 g/mol. The van der Waals surface area contributed by atoms with E-state index in [0.717, 1.165) is 25.8 Å². The van der Waals surface area contributed by atoms with Crippen molar-refractivity contribution in [1.29, 1.82) is 0 Å². The van der Waals surface area contributed by atoms with E-state index in [1.807, 2.05) is 4.90 Å². The summed E-state index contributed by atoms with van der Waals surface area (Å²) in [6.07, 6.45) is 3.18. The molecule has 2 rings (SSSR count). The lowest BCUT2D eigenvalue weighted by atomic mass is 9.95. The SMILES string of the molecule is CCC1CCCN(c2c(F)cc(N)cc2F)C1. The summed E-state index contributed by atoms with van der Waals surface area (Å²) >= 11 is 0. The molecule has 0 aliphatic carbocycles. The Balaban J connectivity index is 2.27. The third-order valence-electron chi connectivity index (χ3n) is 3.45. The van der Waals surface area contributed by atoms with Gasteiger partial charge >= 0.3 is 0 Å². The first-order valence-electron chi connectivity index (χ1n) is 6.11. The molecule has 1 aromatic carbocycles. The minimum absolute atomic E-state index is 0.0809. The van der Waals surface area contributed by atoms with Gasteiger partial charge in [-0.3, -0.25) is 0 Å². The Bertz CT molecular complexity index is 383. The van der Waals surface area contributed by atoms with E-state index in [0.29, 0.717) is 12.5 Å². The zero-order valence-electron chi connectivity index (χ0n) is 10.0. The summed E-state index contributed by atoms with van der Waals surface area (Å²) < 4.78 is 27.5. The lowest BCUT2D eigenvalue weighted by molar-refractivity contribution is 0.398. The van der Waals surface area contributed by atoms with Crippen LogP contribution in [0.4, 0.5) is 20.2 Å². The van der Waals surface area contributed by atoms with Crippen LogP contribution in [0.3, 0.4) is 0 Å². The van der Waals surface area contributed by atoms with Gasteiger partial charge in [0.05, 0.1) is 0 Å². The van der Waals surface area contributed by atoms with Gasteiger partial charge in [-0.25, -0.2) is 8.78 Å². The second kappa shape index (κ2) is 4.90. The van der Waals surface area contributed by atoms with Gasteiger partial charge in [0.1, 0.15) is 5.69 Å². The summed E-state index contributed by atoms with van der Waals surface area (Å²) in [4.78, 5) is 1.81. The van der Waals surface area contributed by atoms with E-state index in [9.17, 15) is 8.78 Å². The molecule has 94 valence electrons. The van der Waals surface area contributed by atoms with Crippen LogP contribution in [0.2, 0.25) is 0 Å². The molecule has 1 heterocycles. The van der Waals surface area contributed by atoms with Crippen molar-refractivity contribution >= 4 is 11.4 Å². The van der Waals surface area contributed by atoms with Crippen molar-refractivity contribution in [3.8, 4) is 0 Å². The van der Waals surface area contributed by atoms with Crippen LogP contribution < -0.4 is 10.6 Å². The second-order valence-corrected chi connectivity index (χ2v) is 4.70. The zero-order chi connectivity index (χ0) is 12.4. The number of rotatable bonds is 2. The van der Waals surface area contributed by atoms with E-state index in [-0.39, 0.29) is 11.4 Å². The first kappa shape index (κ1) is 12.1. The number of piperidine rings is 1. The zero-order valence-corrected chi connectivity index (χ0v) is 10.0. The molecule has 1 atom stereocenters. The summed E-state index contributed by atoms with van der Waals surface area (Å²) in [7, 11) is 0. The smallest absolute Gasteiger partial charge is 0.151 e. The van der Waals surface area contributed by atoms with Crippen molar-refractivity contribution < 1.29 is 8.78 Å². The molecule has 1 aliphatic rings. The molecule has 0 bridgehead atoms. The van der Waals surface area contributed by atoms with Crippen LogP contribution in [0.1, 0.15) is 26.2 Å². The fourth-order valence-corrected chi connectivity index (χ4v) is 2.49. The van der Waals surface area contributed by atoms with Gasteiger partial charge in [0.15, 0.2) is 11.6 Å². The highest BCUT2D eigenvalue weighted by molar-refractivity contribution is 5.56. The molecule has 17 heavy (non-hydrogen) atoms. The number of nitrogens with two attached hydrogens (primary N) is 1. The third kappa shape index (κ3) is 2.51. The van der Waals surface area contributed by atoms with E-state index >= 15 is 0 Å². The van der Waals surface area contributed by atoms with Crippen molar-refractivity contribution in [1.82, 2.24) is 0 Å². The average molecular weight is 240 g/mol. The molecule has 2 N–H and O–H groups in total. The van der Waals surface area contributed by atoms with E-state index in [1.54, 1.807) is 0 Å². The van der Waals surface area contributed by atoms with Crippen molar-refractivity contribution in [3.05, 3.63) is 23.8 Å². The predicted molar refractivity (Wildman–Crippen MR) is 66.0 cm³/mol. The number of nitrogens with zero attached hydrogens (tertiary/aromatic N) is 1. The van der Waals surface area contributed by atoms with Crippen LogP contribution in [0.5, 0.6) is 0 Å². The molecule has 0 amide bonds. The van der Waals surface area contributed by atoms with Crippen LogP contribution in [0.15, 0.2) is 12.1 Å². The number of benzene rings is 1. The molecule has 1 aromatic rings. The standard InChI is InChI=1S/C13H18F2N2/c1-2-9-4-3-5-17(8-9)13-11(14)6-10(16)7-12(13)15/h6-7,9H,2-5,8,16H2,1H3. The minimum Gasteiger partial charge on any atom is -0.399 e. The predicted octanol–water partition coefficient (Wildman–Crippen LogP) is 3.17. The van der Waals surface area contributed by atoms with E-state index in [1.165, 1.54) is 12.1 Å². The van der Waals surface area contributed by atoms with Gasteiger partial charge in [-0.05, 0) is 30.9 Å². The van der Waals surface area contributed by atoms with E-state index in [2.05, 4.69) is 6.92 Å². The van der Waals surface area contributed by atoms with Crippen molar-refractivity contribution in [2.75, 3.05) is 23.7 Å². The summed E-state index contributed by atoms with van der Waals surface area (Å²) in [5.41, 5.74) is 5.63. The molecule has 1 aliphatic heterocycles. The normalized spacial score (nSPS) is 20.6. The lowest BCUT2D eigenvalue weighted by Gasteiger charge is -2.34. The lowest BCUT2D eigenvalue weighted by Crippen LogP contribution is -2.36. The number of nitrogen functional groups attached to an aromatic ring is 1. The van der Waals surface area contributed by atoms with Crippen LogP contribution in [-0.4, -0.2) is 13.1 Å². The maximum Gasteiger partial charge on any atom is 0.151 e. The Kier molecular flexibility index (Phi) is 3.50. The largest absolute Gasteiger partial charge is 0.399 e. The van der Waals surface area contributed by atoms with Crippen molar-refractivity contribution in [2.45, 2.75) is 26.2 Å². The van der Waals surface area contributed by atoms with Gasteiger partial charge in [-0.2, -0.15) is 0 Å². The van der Waals surface area contributed by atoms with E-state index in [4.69, 9.17) is 5.73 Å². The molecule has 0 radical (unpaired) electrons. The van der Waals surface area contributed by atoms with Crippen molar-refractivity contribution in [3.63, 3.8) is 0 Å². The Labute approximate surface area is 100 Å². The third-order valence-corrected chi connectivity index (χ3v) is 3.45. The Morgan fingerprint density at radius 1 is 1.35 bits per heavy atom. The first-order valence-corrected chi connectivity index (χ1v) is 6.11. The Morgan fingerprint density at radius 2 is 2.00 bits per heavy atom. The summed E-state index contributed by atoms with van der Waals surface area (Å²) in [6.45, 7) is 3.56. The molecule has 1 fully saturated rings. The molecular weight excluding hydrogens is 222 g/mol. The topological polar surface area (TPSA) is 29.3 Å². The number of hydrogen-bond donors (Lipinski definition) is 1. The van der Waals surface area contributed by atoms with Gasteiger partial charge in [0.2, 0.25) is 0 Å². The summed E-state index contributed by atoms with van der Waals surface area (Å²) in [5.74, 6) is -0.585. The van der Waals surface area contributed by atoms with Crippen LogP contribution >= 0.6 is 0 Å². The average Bonchev–Trinajstić information content (AvgIpc) is 2.28. The quantitative estimate of drug-likeness (QED) is 0.804. The second-order valence-electron chi connectivity index (χ2n) is 4.70. The van der Waals surface area contributed by atoms with Gasteiger partial charge in [-0.1, -0.05) is 13.3 Å². The molecular formula is C13H18F2N2. The molecule has 2 nitrogen and oxygen atoms in total. The summed E-state index contributed by atoms with van der Waals surface area (Å²) in [5, 5.41) is 0. The number of halogens is 2. The van der Waals surface area contributed by atoms with Gasteiger partial charge in [0, 0.05) is 18.8 Å².